The van der Waals surface area contributed by atoms with Crippen molar-refractivity contribution in [1.29, 1.82) is 0 Å². The summed E-state index contributed by atoms with van der Waals surface area (Å²) >= 11 is 0. The number of hydrogen-bond acceptors (Lipinski definition) is 6. The topological polar surface area (TPSA) is 81.5 Å². The molecule has 1 heterocycles. The van der Waals surface area contributed by atoms with Gasteiger partial charge in [0.2, 0.25) is 0 Å². The van der Waals surface area contributed by atoms with Crippen molar-refractivity contribution >= 4 is 11.6 Å². The average Bonchev–Trinajstić information content (AvgIpc) is 3.14. The zero-order valence-corrected chi connectivity index (χ0v) is 19.3. The fourth-order valence-corrected chi connectivity index (χ4v) is 3.12. The van der Waals surface area contributed by atoms with Gasteiger partial charge in [-0.3, -0.25) is 4.79 Å². The lowest BCUT2D eigenvalue weighted by atomic mass is 10.2. The van der Waals surface area contributed by atoms with Gasteiger partial charge in [-0.05, 0) is 89.8 Å². The number of anilines is 1. The Labute approximate surface area is 189 Å². The summed E-state index contributed by atoms with van der Waals surface area (Å²) in [5, 5.41) is 11.1. The molecule has 0 aliphatic rings. The zero-order valence-electron chi connectivity index (χ0n) is 19.3. The molecule has 1 amide bonds. The van der Waals surface area contributed by atoms with E-state index in [1.54, 1.807) is 4.68 Å². The van der Waals surface area contributed by atoms with Crippen LogP contribution in [0.4, 0.5) is 5.69 Å². The molecular formula is C24H31N5O3. The first-order chi connectivity index (χ1) is 15.3. The van der Waals surface area contributed by atoms with Crippen LogP contribution in [-0.4, -0.2) is 59.2 Å². The smallest absolute Gasteiger partial charge is 0.278 e. The van der Waals surface area contributed by atoms with Gasteiger partial charge in [0.25, 0.3) is 5.91 Å². The van der Waals surface area contributed by atoms with Gasteiger partial charge in [0.1, 0.15) is 11.5 Å². The predicted octanol–water partition coefficient (Wildman–Crippen LogP) is 3.95. The van der Waals surface area contributed by atoms with Crippen LogP contribution in [0.25, 0.3) is 5.69 Å². The number of rotatable bonds is 10. The summed E-state index contributed by atoms with van der Waals surface area (Å²) in [7, 11) is 4.08. The molecule has 3 aromatic rings. The molecule has 0 atom stereocenters. The van der Waals surface area contributed by atoms with Crippen molar-refractivity contribution in [2.75, 3.05) is 32.6 Å². The molecule has 0 saturated carbocycles. The number of hydrogen-bond donors (Lipinski definition) is 1. The molecule has 170 valence electrons. The molecule has 3 rings (SSSR count). The lowest BCUT2D eigenvalue weighted by molar-refractivity contribution is 0.102. The van der Waals surface area contributed by atoms with Crippen molar-refractivity contribution < 1.29 is 14.3 Å². The minimum atomic E-state index is -0.312. The summed E-state index contributed by atoms with van der Waals surface area (Å²) in [5.74, 6) is 1.24. The van der Waals surface area contributed by atoms with Crippen molar-refractivity contribution in [1.82, 2.24) is 19.9 Å². The summed E-state index contributed by atoms with van der Waals surface area (Å²) in [4.78, 5) is 14.9. The van der Waals surface area contributed by atoms with E-state index < -0.39 is 0 Å². The lowest BCUT2D eigenvalue weighted by Crippen LogP contribution is -2.15. The SMILES string of the molecule is Cc1c(C(=O)Nc2ccc(OCCCN(C)C)cc2)nnn1-c1ccc(OC(C)C)cc1. The summed E-state index contributed by atoms with van der Waals surface area (Å²) in [5.41, 5.74) is 2.40. The van der Waals surface area contributed by atoms with Crippen molar-refractivity contribution in [2.45, 2.75) is 33.3 Å². The Morgan fingerprint density at radius 1 is 1.06 bits per heavy atom. The van der Waals surface area contributed by atoms with Crippen LogP contribution >= 0.6 is 0 Å². The summed E-state index contributed by atoms with van der Waals surface area (Å²) in [6, 6.07) is 14.8. The van der Waals surface area contributed by atoms with Gasteiger partial charge in [-0.2, -0.15) is 0 Å². The quantitative estimate of drug-likeness (QED) is 0.484. The van der Waals surface area contributed by atoms with Gasteiger partial charge in [-0.25, -0.2) is 4.68 Å². The number of aromatic nitrogens is 3. The second kappa shape index (κ2) is 10.8. The molecule has 0 fully saturated rings. The molecular weight excluding hydrogens is 406 g/mol. The molecule has 0 bridgehead atoms. The third-order valence-electron chi connectivity index (χ3n) is 4.69. The minimum Gasteiger partial charge on any atom is -0.494 e. The normalized spacial score (nSPS) is 11.1. The molecule has 8 heteroatoms. The van der Waals surface area contributed by atoms with E-state index in [-0.39, 0.29) is 17.7 Å². The van der Waals surface area contributed by atoms with E-state index in [1.807, 2.05) is 83.4 Å². The second-order valence-electron chi connectivity index (χ2n) is 8.08. The number of carbonyl (C=O) groups is 1. The van der Waals surface area contributed by atoms with E-state index in [0.29, 0.717) is 18.0 Å². The Balaban J connectivity index is 1.61. The summed E-state index contributed by atoms with van der Waals surface area (Å²) < 4.78 is 13.0. The summed E-state index contributed by atoms with van der Waals surface area (Å²) in [6.07, 6.45) is 1.06. The van der Waals surface area contributed by atoms with Crippen LogP contribution in [0.3, 0.4) is 0 Å². The van der Waals surface area contributed by atoms with E-state index in [4.69, 9.17) is 9.47 Å². The van der Waals surface area contributed by atoms with Crippen LogP contribution < -0.4 is 14.8 Å². The molecule has 2 aromatic carbocycles. The van der Waals surface area contributed by atoms with Crippen LogP contribution in [0.5, 0.6) is 11.5 Å². The summed E-state index contributed by atoms with van der Waals surface area (Å²) in [6.45, 7) is 7.40. The van der Waals surface area contributed by atoms with Crippen LogP contribution in [0.15, 0.2) is 48.5 Å². The van der Waals surface area contributed by atoms with Crippen molar-refractivity contribution in [3.05, 3.63) is 59.9 Å². The van der Waals surface area contributed by atoms with Gasteiger partial charge < -0.3 is 19.7 Å². The Morgan fingerprint density at radius 2 is 1.72 bits per heavy atom. The molecule has 32 heavy (non-hydrogen) atoms. The molecule has 0 radical (unpaired) electrons. The van der Waals surface area contributed by atoms with Crippen molar-refractivity contribution in [3.63, 3.8) is 0 Å². The van der Waals surface area contributed by atoms with E-state index in [9.17, 15) is 4.79 Å². The predicted molar refractivity (Wildman–Crippen MR) is 125 cm³/mol. The number of benzene rings is 2. The first-order valence-electron chi connectivity index (χ1n) is 10.7. The van der Waals surface area contributed by atoms with Crippen molar-refractivity contribution in [2.24, 2.45) is 0 Å². The molecule has 0 spiro atoms. The number of amides is 1. The highest BCUT2D eigenvalue weighted by Gasteiger charge is 2.17. The van der Waals surface area contributed by atoms with Crippen LogP contribution in [0.2, 0.25) is 0 Å². The fraction of sp³-hybridized carbons (Fsp3) is 0.375. The molecule has 0 saturated heterocycles. The van der Waals surface area contributed by atoms with Crippen LogP contribution in [0.1, 0.15) is 36.5 Å². The Kier molecular flexibility index (Phi) is 7.83. The van der Waals surface area contributed by atoms with Crippen LogP contribution in [-0.2, 0) is 0 Å². The van der Waals surface area contributed by atoms with Gasteiger partial charge in [0.05, 0.1) is 24.1 Å². The third kappa shape index (κ3) is 6.31. The van der Waals surface area contributed by atoms with Gasteiger partial charge in [-0.15, -0.1) is 5.10 Å². The monoisotopic (exact) mass is 437 g/mol. The first-order valence-corrected chi connectivity index (χ1v) is 10.7. The van der Waals surface area contributed by atoms with E-state index >= 15 is 0 Å². The third-order valence-corrected chi connectivity index (χ3v) is 4.69. The Bertz CT molecular complexity index is 1010. The second-order valence-corrected chi connectivity index (χ2v) is 8.08. The maximum absolute atomic E-state index is 12.7. The highest BCUT2D eigenvalue weighted by molar-refractivity contribution is 6.03. The van der Waals surface area contributed by atoms with E-state index in [0.717, 1.165) is 30.2 Å². The van der Waals surface area contributed by atoms with Gasteiger partial charge in [-0.1, -0.05) is 5.21 Å². The van der Waals surface area contributed by atoms with Gasteiger partial charge >= 0.3 is 0 Å². The Hall–Kier alpha value is -3.39. The fourth-order valence-electron chi connectivity index (χ4n) is 3.12. The molecule has 0 unspecified atom stereocenters. The Morgan fingerprint density at radius 3 is 2.34 bits per heavy atom. The molecule has 0 aliphatic heterocycles. The first kappa shape index (κ1) is 23.3. The number of nitrogens with one attached hydrogen (secondary N) is 1. The standard InChI is InChI=1S/C24H31N5O3/c1-17(2)32-22-13-9-20(10-14-22)29-18(3)23(26-27-29)24(30)25-19-7-11-21(12-8-19)31-16-6-15-28(4)5/h7-14,17H,6,15-16H2,1-5H3,(H,25,30). The average molecular weight is 438 g/mol. The minimum absolute atomic E-state index is 0.105. The number of nitrogens with zero attached hydrogens (tertiary/aromatic N) is 4. The number of ether oxygens (including phenoxy) is 2. The highest BCUT2D eigenvalue weighted by atomic mass is 16.5. The lowest BCUT2D eigenvalue weighted by Gasteiger charge is -2.11. The molecule has 1 aromatic heterocycles. The molecule has 0 aliphatic carbocycles. The van der Waals surface area contributed by atoms with Crippen molar-refractivity contribution in [3.8, 4) is 17.2 Å². The zero-order chi connectivity index (χ0) is 23.1. The maximum atomic E-state index is 12.7. The molecule has 1 N–H and O–H groups in total. The molecule has 8 nitrogen and oxygen atoms in total. The van der Waals surface area contributed by atoms with E-state index in [1.165, 1.54) is 0 Å². The van der Waals surface area contributed by atoms with E-state index in [2.05, 4.69) is 20.5 Å². The number of carbonyl (C=O) groups excluding carboxylic acids is 1. The van der Waals surface area contributed by atoms with Gasteiger partial charge in [0, 0.05) is 12.2 Å². The largest absolute Gasteiger partial charge is 0.494 e. The van der Waals surface area contributed by atoms with Gasteiger partial charge in [0.15, 0.2) is 5.69 Å². The highest BCUT2D eigenvalue weighted by Crippen LogP contribution is 2.20. The maximum Gasteiger partial charge on any atom is 0.278 e. The van der Waals surface area contributed by atoms with Crippen LogP contribution in [0, 0.1) is 6.92 Å².